The van der Waals surface area contributed by atoms with E-state index in [-0.39, 0.29) is 18.0 Å². The van der Waals surface area contributed by atoms with E-state index in [9.17, 15) is 4.79 Å². The first-order valence-electron chi connectivity index (χ1n) is 6.04. The lowest BCUT2D eigenvalue weighted by Gasteiger charge is -2.19. The highest BCUT2D eigenvalue weighted by Crippen LogP contribution is 2.32. The Hall–Kier alpha value is -1.30. The molecule has 2 aromatic heterocycles. The van der Waals surface area contributed by atoms with Crippen molar-refractivity contribution in [2.75, 3.05) is 6.54 Å². The van der Waals surface area contributed by atoms with Gasteiger partial charge in [0, 0.05) is 23.9 Å². The summed E-state index contributed by atoms with van der Waals surface area (Å²) in [7, 11) is 0. The van der Waals surface area contributed by atoms with Crippen LogP contribution in [0.1, 0.15) is 23.1 Å². The van der Waals surface area contributed by atoms with E-state index >= 15 is 0 Å². The van der Waals surface area contributed by atoms with Gasteiger partial charge in [0.25, 0.3) is 0 Å². The zero-order valence-corrected chi connectivity index (χ0v) is 11.6. The maximum absolute atomic E-state index is 11.3. The van der Waals surface area contributed by atoms with Crippen molar-refractivity contribution in [3.63, 3.8) is 0 Å². The quantitative estimate of drug-likeness (QED) is 0.912. The zero-order valence-electron chi connectivity index (χ0n) is 10.1. The van der Waals surface area contributed by atoms with Crippen LogP contribution in [0, 0.1) is 0 Å². The Morgan fingerprint density at radius 1 is 1.47 bits per heavy atom. The van der Waals surface area contributed by atoms with Crippen molar-refractivity contribution in [1.29, 1.82) is 0 Å². The van der Waals surface area contributed by atoms with E-state index in [1.165, 1.54) is 11.3 Å². The molecule has 6 heteroatoms. The molecular formula is C13H13ClN2O2S. The Bertz CT molecular complexity index is 567. The van der Waals surface area contributed by atoms with Crippen LogP contribution in [0.2, 0.25) is 4.34 Å². The molecule has 0 radical (unpaired) electrons. The van der Waals surface area contributed by atoms with Crippen LogP contribution in [0.5, 0.6) is 0 Å². The van der Waals surface area contributed by atoms with Crippen LogP contribution in [-0.2, 0) is 4.79 Å². The SMILES string of the molecule is O=C1CC(NC(c2ccco2)c2ccc(Cl)s2)CN1. The fourth-order valence-electron chi connectivity index (χ4n) is 2.20. The maximum Gasteiger partial charge on any atom is 0.221 e. The van der Waals surface area contributed by atoms with Gasteiger partial charge in [-0.25, -0.2) is 0 Å². The molecule has 4 nitrogen and oxygen atoms in total. The van der Waals surface area contributed by atoms with E-state index < -0.39 is 0 Å². The summed E-state index contributed by atoms with van der Waals surface area (Å²) in [6.07, 6.45) is 2.15. The van der Waals surface area contributed by atoms with Gasteiger partial charge in [0.1, 0.15) is 11.8 Å². The molecule has 2 atom stereocenters. The van der Waals surface area contributed by atoms with Gasteiger partial charge >= 0.3 is 0 Å². The number of nitrogens with one attached hydrogen (secondary N) is 2. The highest BCUT2D eigenvalue weighted by atomic mass is 35.5. The second-order valence-electron chi connectivity index (χ2n) is 4.46. The van der Waals surface area contributed by atoms with Gasteiger partial charge in [-0.1, -0.05) is 11.6 Å². The lowest BCUT2D eigenvalue weighted by molar-refractivity contribution is -0.119. The molecule has 1 aliphatic heterocycles. The second-order valence-corrected chi connectivity index (χ2v) is 6.21. The molecule has 3 heterocycles. The Morgan fingerprint density at radius 2 is 2.37 bits per heavy atom. The lowest BCUT2D eigenvalue weighted by atomic mass is 10.1. The van der Waals surface area contributed by atoms with Crippen molar-refractivity contribution >= 4 is 28.8 Å². The van der Waals surface area contributed by atoms with Gasteiger partial charge in [-0.15, -0.1) is 11.3 Å². The number of rotatable bonds is 4. The van der Waals surface area contributed by atoms with Gasteiger partial charge in [0.2, 0.25) is 5.91 Å². The van der Waals surface area contributed by atoms with E-state index in [0.29, 0.717) is 13.0 Å². The monoisotopic (exact) mass is 296 g/mol. The zero-order chi connectivity index (χ0) is 13.2. The summed E-state index contributed by atoms with van der Waals surface area (Å²) in [6.45, 7) is 0.648. The first-order chi connectivity index (χ1) is 9.22. The summed E-state index contributed by atoms with van der Waals surface area (Å²) in [5.41, 5.74) is 0. The summed E-state index contributed by atoms with van der Waals surface area (Å²) in [4.78, 5) is 12.4. The number of thiophene rings is 1. The fourth-order valence-corrected chi connectivity index (χ4v) is 3.33. The van der Waals surface area contributed by atoms with Gasteiger partial charge in [-0.2, -0.15) is 0 Å². The number of halogens is 1. The van der Waals surface area contributed by atoms with E-state index in [0.717, 1.165) is 15.0 Å². The number of carbonyl (C=O) groups is 1. The van der Waals surface area contributed by atoms with Gasteiger partial charge in [-0.05, 0) is 24.3 Å². The summed E-state index contributed by atoms with van der Waals surface area (Å²) >= 11 is 7.52. The van der Waals surface area contributed by atoms with Crippen molar-refractivity contribution in [2.45, 2.75) is 18.5 Å². The van der Waals surface area contributed by atoms with Crippen LogP contribution in [0.25, 0.3) is 0 Å². The molecule has 1 saturated heterocycles. The Balaban J connectivity index is 1.83. The third-order valence-corrected chi connectivity index (χ3v) is 4.38. The van der Waals surface area contributed by atoms with E-state index in [1.807, 2.05) is 24.3 Å². The standard InChI is InChI=1S/C13H13ClN2O2S/c14-11-4-3-10(19-11)13(9-2-1-5-18-9)16-8-6-12(17)15-7-8/h1-5,8,13,16H,6-7H2,(H,15,17). The minimum atomic E-state index is -0.0646. The topological polar surface area (TPSA) is 54.3 Å². The van der Waals surface area contributed by atoms with Crippen molar-refractivity contribution in [1.82, 2.24) is 10.6 Å². The minimum absolute atomic E-state index is 0.0646. The van der Waals surface area contributed by atoms with Crippen LogP contribution in [-0.4, -0.2) is 18.5 Å². The predicted octanol–water partition coefficient (Wildman–Crippen LogP) is 2.56. The Morgan fingerprint density at radius 3 is 2.95 bits per heavy atom. The first-order valence-corrected chi connectivity index (χ1v) is 7.23. The lowest BCUT2D eigenvalue weighted by Crippen LogP contribution is -2.34. The van der Waals surface area contributed by atoms with Gasteiger partial charge in [-0.3, -0.25) is 10.1 Å². The average molecular weight is 297 g/mol. The molecule has 100 valence electrons. The summed E-state index contributed by atoms with van der Waals surface area (Å²) in [5, 5.41) is 6.28. The smallest absolute Gasteiger partial charge is 0.221 e. The van der Waals surface area contributed by atoms with Crippen molar-refractivity contribution < 1.29 is 9.21 Å². The molecule has 3 rings (SSSR count). The number of hydrogen-bond donors (Lipinski definition) is 2. The van der Waals surface area contributed by atoms with E-state index in [2.05, 4.69) is 10.6 Å². The Kier molecular flexibility index (Phi) is 3.59. The molecule has 0 bridgehead atoms. The van der Waals surface area contributed by atoms with Crippen molar-refractivity contribution in [3.8, 4) is 0 Å². The molecule has 2 unspecified atom stereocenters. The molecule has 2 N–H and O–H groups in total. The van der Waals surface area contributed by atoms with Crippen LogP contribution >= 0.6 is 22.9 Å². The molecule has 0 spiro atoms. The molecule has 19 heavy (non-hydrogen) atoms. The highest BCUT2D eigenvalue weighted by Gasteiger charge is 2.27. The molecule has 2 aromatic rings. The van der Waals surface area contributed by atoms with Crippen molar-refractivity contribution in [2.24, 2.45) is 0 Å². The largest absolute Gasteiger partial charge is 0.467 e. The minimum Gasteiger partial charge on any atom is -0.467 e. The molecule has 1 fully saturated rings. The van der Waals surface area contributed by atoms with Gasteiger partial charge in [0.05, 0.1) is 10.6 Å². The molecule has 1 aliphatic rings. The summed E-state index contributed by atoms with van der Waals surface area (Å²) < 4.78 is 6.24. The number of amides is 1. The van der Waals surface area contributed by atoms with E-state index in [4.69, 9.17) is 16.0 Å². The van der Waals surface area contributed by atoms with Crippen LogP contribution < -0.4 is 10.6 Å². The highest BCUT2D eigenvalue weighted by molar-refractivity contribution is 7.16. The first kappa shape index (κ1) is 12.7. The average Bonchev–Trinajstić information content (AvgIpc) is 3.08. The van der Waals surface area contributed by atoms with Crippen molar-refractivity contribution in [3.05, 3.63) is 45.5 Å². The second kappa shape index (κ2) is 5.36. The van der Waals surface area contributed by atoms with Gasteiger partial charge in [0.15, 0.2) is 0 Å². The normalized spacial score (nSPS) is 20.5. The predicted molar refractivity (Wildman–Crippen MR) is 74.4 cm³/mol. The molecule has 0 aliphatic carbocycles. The third-order valence-electron chi connectivity index (χ3n) is 3.09. The number of carbonyl (C=O) groups excluding carboxylic acids is 1. The van der Waals surface area contributed by atoms with Gasteiger partial charge < -0.3 is 9.73 Å². The van der Waals surface area contributed by atoms with E-state index in [1.54, 1.807) is 6.26 Å². The Labute approximate surface area is 119 Å². The fraction of sp³-hybridized carbons (Fsp3) is 0.308. The van der Waals surface area contributed by atoms with Crippen LogP contribution in [0.4, 0.5) is 0 Å². The molecule has 0 aromatic carbocycles. The maximum atomic E-state index is 11.3. The molecule has 1 amide bonds. The number of furan rings is 1. The third kappa shape index (κ3) is 2.83. The molecule has 0 saturated carbocycles. The van der Waals surface area contributed by atoms with Crippen LogP contribution in [0.3, 0.4) is 0 Å². The van der Waals surface area contributed by atoms with Crippen LogP contribution in [0.15, 0.2) is 34.9 Å². The molecular weight excluding hydrogens is 284 g/mol. The summed E-state index contributed by atoms with van der Waals surface area (Å²) in [5.74, 6) is 0.915. The summed E-state index contributed by atoms with van der Waals surface area (Å²) in [6, 6.07) is 7.69. The number of hydrogen-bond acceptors (Lipinski definition) is 4.